The van der Waals surface area contributed by atoms with Crippen molar-refractivity contribution in [2.24, 2.45) is 5.73 Å². The van der Waals surface area contributed by atoms with E-state index in [1.54, 1.807) is 12.1 Å². The van der Waals surface area contributed by atoms with E-state index in [1.165, 1.54) is 12.1 Å². The maximum absolute atomic E-state index is 11.0. The van der Waals surface area contributed by atoms with Crippen LogP contribution in [-0.4, -0.2) is 10.8 Å². The Morgan fingerprint density at radius 3 is 2.60 bits per heavy atom. The zero-order chi connectivity index (χ0) is 11.4. The summed E-state index contributed by atoms with van der Waals surface area (Å²) >= 11 is 0. The molecule has 0 heterocycles. The fourth-order valence-corrected chi connectivity index (χ4v) is 1.01. The number of nitrogens with one attached hydrogen (secondary N) is 1. The zero-order valence-corrected chi connectivity index (χ0v) is 7.77. The number of benzene rings is 1. The number of anilines is 1. The van der Waals surface area contributed by atoms with Crippen LogP contribution in [0.3, 0.4) is 0 Å². The van der Waals surface area contributed by atoms with Gasteiger partial charge >= 0.3 is 5.82 Å². The van der Waals surface area contributed by atoms with Gasteiger partial charge in [0.1, 0.15) is 5.69 Å². The molecule has 0 spiro atoms. The molecule has 15 heavy (non-hydrogen) atoms. The average molecular weight is 207 g/mol. The Morgan fingerprint density at radius 2 is 2.07 bits per heavy atom. The number of primary amides is 1. The molecule has 0 aliphatic carbocycles. The minimum Gasteiger partial charge on any atom is -0.365 e. The summed E-state index contributed by atoms with van der Waals surface area (Å²) in [6.45, 7) is 3.19. The second kappa shape index (κ2) is 4.23. The van der Waals surface area contributed by atoms with Crippen molar-refractivity contribution >= 4 is 11.6 Å². The molecule has 0 aliphatic heterocycles. The highest BCUT2D eigenvalue weighted by Crippen LogP contribution is 2.15. The molecule has 6 heteroatoms. The maximum atomic E-state index is 11.0. The van der Waals surface area contributed by atoms with Gasteiger partial charge in [0.25, 0.3) is 5.91 Å². The molecule has 78 valence electrons. The minimum absolute atomic E-state index is 0.181. The highest BCUT2D eigenvalue weighted by atomic mass is 16.6. The third-order valence-corrected chi connectivity index (χ3v) is 1.69. The lowest BCUT2D eigenvalue weighted by Crippen LogP contribution is -2.15. The summed E-state index contributed by atoms with van der Waals surface area (Å²) in [6.07, 6.45) is 0. The number of carbonyl (C=O) groups is 1. The van der Waals surface area contributed by atoms with Gasteiger partial charge in [-0.15, -0.1) is 0 Å². The standard InChI is InChI=1S/C9H9N3O3/c1-6(12(14)15)11-8-5-3-2-4-7(8)9(10)13/h2-5,11H,1H2,(H2,10,13). The predicted octanol–water partition coefficient (Wildman–Crippen LogP) is 0.945. The summed E-state index contributed by atoms with van der Waals surface area (Å²) in [5.41, 5.74) is 5.54. The summed E-state index contributed by atoms with van der Waals surface area (Å²) in [4.78, 5) is 20.6. The molecule has 6 nitrogen and oxygen atoms in total. The van der Waals surface area contributed by atoms with Crippen molar-refractivity contribution in [3.63, 3.8) is 0 Å². The number of hydrogen-bond donors (Lipinski definition) is 2. The quantitative estimate of drug-likeness (QED) is 0.567. The highest BCUT2D eigenvalue weighted by Gasteiger charge is 2.13. The molecule has 0 fully saturated rings. The molecule has 0 unspecified atom stereocenters. The summed E-state index contributed by atoms with van der Waals surface area (Å²) in [7, 11) is 0. The summed E-state index contributed by atoms with van der Waals surface area (Å²) in [6, 6.07) is 6.22. The molecule has 3 N–H and O–H groups in total. The largest absolute Gasteiger partial charge is 0.365 e. The van der Waals surface area contributed by atoms with Crippen LogP contribution in [0.2, 0.25) is 0 Å². The first kappa shape index (κ1) is 10.7. The van der Waals surface area contributed by atoms with E-state index in [4.69, 9.17) is 5.73 Å². The smallest absolute Gasteiger partial charge is 0.313 e. The normalized spacial score (nSPS) is 9.33. The summed E-state index contributed by atoms with van der Waals surface area (Å²) in [5.74, 6) is -1.07. The Labute approximate surface area is 85.5 Å². The van der Waals surface area contributed by atoms with Crippen LogP contribution < -0.4 is 11.1 Å². The molecule has 1 amide bonds. The van der Waals surface area contributed by atoms with Crippen molar-refractivity contribution in [1.29, 1.82) is 0 Å². The minimum atomic E-state index is -0.683. The Balaban J connectivity index is 2.99. The van der Waals surface area contributed by atoms with Gasteiger partial charge in [-0.2, -0.15) is 0 Å². The van der Waals surface area contributed by atoms with Gasteiger partial charge < -0.3 is 15.8 Å². The molecule has 1 rings (SSSR count). The van der Waals surface area contributed by atoms with E-state index in [2.05, 4.69) is 11.9 Å². The van der Waals surface area contributed by atoms with Crippen LogP contribution >= 0.6 is 0 Å². The van der Waals surface area contributed by atoms with Crippen molar-refractivity contribution in [3.05, 3.63) is 52.3 Å². The van der Waals surface area contributed by atoms with Crippen LogP contribution in [0.15, 0.2) is 36.7 Å². The number of nitro groups is 1. The molecule has 0 radical (unpaired) electrons. The summed E-state index contributed by atoms with van der Waals surface area (Å²) < 4.78 is 0. The van der Waals surface area contributed by atoms with E-state index in [9.17, 15) is 14.9 Å². The van der Waals surface area contributed by atoms with Crippen molar-refractivity contribution < 1.29 is 9.72 Å². The molecular weight excluding hydrogens is 198 g/mol. The molecule has 0 aliphatic rings. The van der Waals surface area contributed by atoms with Gasteiger partial charge in [0, 0.05) is 0 Å². The van der Waals surface area contributed by atoms with Crippen LogP contribution in [-0.2, 0) is 0 Å². The molecule has 0 aromatic heterocycles. The summed E-state index contributed by atoms with van der Waals surface area (Å²) in [5, 5.41) is 12.7. The molecule has 1 aromatic rings. The Morgan fingerprint density at radius 1 is 1.47 bits per heavy atom. The topological polar surface area (TPSA) is 98.3 Å². The first-order valence-electron chi connectivity index (χ1n) is 4.01. The monoisotopic (exact) mass is 207 g/mol. The number of carbonyl (C=O) groups excluding carboxylic acids is 1. The van der Waals surface area contributed by atoms with E-state index in [1.807, 2.05) is 0 Å². The van der Waals surface area contributed by atoms with Gasteiger partial charge in [0.05, 0.1) is 5.56 Å². The number of rotatable bonds is 4. The number of nitrogens with two attached hydrogens (primary N) is 1. The fraction of sp³-hybridized carbons (Fsp3) is 0. The van der Waals surface area contributed by atoms with Crippen LogP contribution in [0.5, 0.6) is 0 Å². The van der Waals surface area contributed by atoms with Crippen molar-refractivity contribution in [3.8, 4) is 0 Å². The first-order chi connectivity index (χ1) is 7.02. The molecule has 0 atom stereocenters. The van der Waals surface area contributed by atoms with Gasteiger partial charge in [-0.3, -0.25) is 4.79 Å². The lowest BCUT2D eigenvalue weighted by atomic mass is 10.1. The van der Waals surface area contributed by atoms with Gasteiger partial charge in [-0.1, -0.05) is 12.1 Å². The Hall–Kier alpha value is -2.37. The van der Waals surface area contributed by atoms with Gasteiger partial charge in [-0.05, 0) is 23.6 Å². The number of hydrogen-bond acceptors (Lipinski definition) is 4. The number of amides is 1. The zero-order valence-electron chi connectivity index (χ0n) is 7.77. The van der Waals surface area contributed by atoms with E-state index in [-0.39, 0.29) is 11.3 Å². The lowest BCUT2D eigenvalue weighted by molar-refractivity contribution is -0.421. The first-order valence-corrected chi connectivity index (χ1v) is 4.01. The van der Waals surface area contributed by atoms with Crippen LogP contribution in [0, 0.1) is 10.1 Å². The van der Waals surface area contributed by atoms with Crippen LogP contribution in [0.1, 0.15) is 10.4 Å². The second-order valence-corrected chi connectivity index (χ2v) is 2.74. The molecular formula is C9H9N3O3. The number of para-hydroxylation sites is 1. The van der Waals surface area contributed by atoms with Crippen LogP contribution in [0.4, 0.5) is 5.69 Å². The SMILES string of the molecule is C=C(Nc1ccccc1C(N)=O)[N+](=O)[O-]. The predicted molar refractivity (Wildman–Crippen MR) is 54.7 cm³/mol. The average Bonchev–Trinajstić information content (AvgIpc) is 2.18. The Kier molecular flexibility index (Phi) is 3.02. The van der Waals surface area contributed by atoms with Crippen LogP contribution in [0.25, 0.3) is 0 Å². The molecule has 0 saturated heterocycles. The van der Waals surface area contributed by atoms with E-state index in [0.29, 0.717) is 0 Å². The second-order valence-electron chi connectivity index (χ2n) is 2.74. The van der Waals surface area contributed by atoms with E-state index >= 15 is 0 Å². The van der Waals surface area contributed by atoms with Crippen molar-refractivity contribution in [2.45, 2.75) is 0 Å². The Bertz CT molecular complexity index is 428. The molecule has 1 aromatic carbocycles. The van der Waals surface area contributed by atoms with Gasteiger partial charge in [-0.25, -0.2) is 5.32 Å². The maximum Gasteiger partial charge on any atom is 0.313 e. The van der Waals surface area contributed by atoms with Gasteiger partial charge in [0.2, 0.25) is 0 Å². The molecule has 0 saturated carbocycles. The number of nitrogens with zero attached hydrogens (tertiary/aromatic N) is 1. The van der Waals surface area contributed by atoms with E-state index < -0.39 is 16.7 Å². The van der Waals surface area contributed by atoms with E-state index in [0.717, 1.165) is 0 Å². The fourth-order valence-electron chi connectivity index (χ4n) is 1.01. The highest BCUT2D eigenvalue weighted by molar-refractivity contribution is 5.98. The van der Waals surface area contributed by atoms with Crippen molar-refractivity contribution in [2.75, 3.05) is 5.32 Å². The third kappa shape index (κ3) is 2.53. The van der Waals surface area contributed by atoms with Gasteiger partial charge in [0.15, 0.2) is 0 Å². The molecule has 0 bridgehead atoms. The third-order valence-electron chi connectivity index (χ3n) is 1.69. The lowest BCUT2D eigenvalue weighted by Gasteiger charge is -2.04. The van der Waals surface area contributed by atoms with Crippen molar-refractivity contribution in [1.82, 2.24) is 0 Å².